The van der Waals surface area contributed by atoms with Crippen LogP contribution in [0.1, 0.15) is 17.3 Å². The smallest absolute Gasteiger partial charge is 0.285 e. The molecule has 0 aromatic heterocycles. The molecular weight excluding hydrogens is 234 g/mol. The minimum Gasteiger partial charge on any atom is -0.285 e. The normalized spacial score (nSPS) is 11.1. The highest BCUT2D eigenvalue weighted by molar-refractivity contribution is 5.99. The lowest BCUT2D eigenvalue weighted by Crippen LogP contribution is -2.00. The number of carbonyl (C=O) groups excluding carboxylic acids is 2. The maximum atomic E-state index is 11.7. The average Bonchev–Trinajstić information content (AvgIpc) is 2.33. The van der Waals surface area contributed by atoms with Crippen molar-refractivity contribution < 1.29 is 9.59 Å². The zero-order valence-corrected chi connectivity index (χ0v) is 10.4. The third-order valence-electron chi connectivity index (χ3n) is 1.75. The van der Waals surface area contributed by atoms with Crippen LogP contribution in [0.4, 0.5) is 5.69 Å². The van der Waals surface area contributed by atoms with E-state index in [-0.39, 0.29) is 5.56 Å². The second-order valence-corrected chi connectivity index (χ2v) is 3.58. The van der Waals surface area contributed by atoms with Gasteiger partial charge in [-0.2, -0.15) is 0 Å². The second-order valence-electron chi connectivity index (χ2n) is 3.58. The maximum absolute atomic E-state index is 11.7. The number of rotatable bonds is 3. The van der Waals surface area contributed by atoms with Gasteiger partial charge in [-0.15, -0.1) is 15.3 Å². The Kier molecular flexibility index (Phi) is 4.79. The van der Waals surface area contributed by atoms with Crippen LogP contribution >= 0.6 is 0 Å². The van der Waals surface area contributed by atoms with Crippen molar-refractivity contribution in [3.8, 4) is 0 Å². The molecule has 0 aliphatic carbocycles. The molecule has 7 heteroatoms. The van der Waals surface area contributed by atoms with Gasteiger partial charge in [0.2, 0.25) is 0 Å². The van der Waals surface area contributed by atoms with Crippen molar-refractivity contribution >= 4 is 17.5 Å². The van der Waals surface area contributed by atoms with Crippen LogP contribution in [0, 0.1) is 0 Å². The van der Waals surface area contributed by atoms with Gasteiger partial charge in [0.15, 0.2) is 0 Å². The molecule has 0 aliphatic rings. The van der Waals surface area contributed by atoms with Crippen LogP contribution in [0.25, 0.3) is 0 Å². The molecule has 0 unspecified atom stereocenters. The van der Waals surface area contributed by atoms with Gasteiger partial charge in [0.1, 0.15) is 5.69 Å². The molecule has 2 amide bonds. The van der Waals surface area contributed by atoms with Crippen molar-refractivity contribution in [2.45, 2.75) is 6.92 Å². The lowest BCUT2D eigenvalue weighted by atomic mass is 10.2. The summed E-state index contributed by atoms with van der Waals surface area (Å²) in [5.74, 6) is -1.16. The van der Waals surface area contributed by atoms with Gasteiger partial charge in [0, 0.05) is 21.0 Å². The SMILES string of the molecule is CC(=O)N=NC(=O)c1ccccc1N=NN(C)C. The van der Waals surface area contributed by atoms with Crippen LogP contribution in [0.3, 0.4) is 0 Å². The summed E-state index contributed by atoms with van der Waals surface area (Å²) in [6.07, 6.45) is 0. The monoisotopic (exact) mass is 247 g/mol. The number of hydrogen-bond donors (Lipinski definition) is 0. The minimum atomic E-state index is -0.626. The third kappa shape index (κ3) is 4.20. The summed E-state index contributed by atoms with van der Waals surface area (Å²) in [4.78, 5) is 22.3. The molecule has 0 N–H and O–H groups in total. The zero-order chi connectivity index (χ0) is 13.5. The fourth-order valence-electron chi connectivity index (χ4n) is 1.05. The van der Waals surface area contributed by atoms with Crippen LogP contribution < -0.4 is 0 Å². The molecule has 7 nitrogen and oxygen atoms in total. The molecule has 0 saturated carbocycles. The Bertz CT molecular complexity index is 508. The zero-order valence-electron chi connectivity index (χ0n) is 10.4. The van der Waals surface area contributed by atoms with Crippen LogP contribution in [-0.4, -0.2) is 30.9 Å². The summed E-state index contributed by atoms with van der Waals surface area (Å²) in [6, 6.07) is 6.57. The van der Waals surface area contributed by atoms with Crippen molar-refractivity contribution in [1.29, 1.82) is 0 Å². The molecule has 0 atom stereocenters. The van der Waals surface area contributed by atoms with Gasteiger partial charge in [-0.25, -0.2) is 0 Å². The number of azo groups is 1. The van der Waals surface area contributed by atoms with E-state index in [1.165, 1.54) is 11.9 Å². The summed E-state index contributed by atoms with van der Waals surface area (Å²) < 4.78 is 0. The fraction of sp³-hybridized carbons (Fsp3) is 0.273. The Balaban J connectivity index is 3.02. The van der Waals surface area contributed by atoms with E-state index in [4.69, 9.17) is 0 Å². The molecule has 1 aromatic carbocycles. The summed E-state index contributed by atoms with van der Waals surface area (Å²) in [7, 11) is 3.42. The number of hydrogen-bond acceptors (Lipinski definition) is 4. The number of carbonyl (C=O) groups is 2. The van der Waals surface area contributed by atoms with E-state index in [1.54, 1.807) is 38.4 Å². The lowest BCUT2D eigenvalue weighted by Gasteiger charge is -2.02. The Morgan fingerprint density at radius 2 is 1.78 bits per heavy atom. The third-order valence-corrected chi connectivity index (χ3v) is 1.75. The summed E-state index contributed by atoms with van der Waals surface area (Å²) in [5.41, 5.74) is 0.617. The molecule has 0 aliphatic heterocycles. The van der Waals surface area contributed by atoms with Gasteiger partial charge in [0.05, 0.1) is 5.56 Å². The van der Waals surface area contributed by atoms with Gasteiger partial charge >= 0.3 is 0 Å². The quantitative estimate of drug-likeness (QED) is 0.606. The van der Waals surface area contributed by atoms with E-state index < -0.39 is 11.8 Å². The van der Waals surface area contributed by atoms with Crippen LogP contribution in [-0.2, 0) is 4.79 Å². The summed E-state index contributed by atoms with van der Waals surface area (Å²) >= 11 is 0. The standard InChI is InChI=1S/C11H13N5O2/c1-8(17)12-14-11(18)9-6-4-5-7-10(9)13-15-16(2)3/h4-7H,1-3H3. The largest absolute Gasteiger partial charge is 0.297 e. The van der Waals surface area contributed by atoms with Crippen molar-refractivity contribution in [3.63, 3.8) is 0 Å². The van der Waals surface area contributed by atoms with Gasteiger partial charge in [-0.05, 0) is 12.1 Å². The van der Waals surface area contributed by atoms with Gasteiger partial charge in [-0.3, -0.25) is 14.6 Å². The molecule has 0 fully saturated rings. The number of nitrogens with zero attached hydrogens (tertiary/aromatic N) is 5. The van der Waals surface area contributed by atoms with Crippen molar-refractivity contribution in [1.82, 2.24) is 5.01 Å². The molecule has 0 saturated heterocycles. The van der Waals surface area contributed by atoms with E-state index in [1.807, 2.05) is 0 Å². The minimum absolute atomic E-state index is 0.244. The van der Waals surface area contributed by atoms with Crippen molar-refractivity contribution in [2.75, 3.05) is 14.1 Å². The first-order valence-electron chi connectivity index (χ1n) is 5.15. The molecule has 1 rings (SSSR count). The summed E-state index contributed by atoms with van der Waals surface area (Å²) in [5, 5.41) is 15.7. The second kappa shape index (κ2) is 6.33. The van der Waals surface area contributed by atoms with E-state index in [9.17, 15) is 9.59 Å². The highest BCUT2D eigenvalue weighted by atomic mass is 16.2. The fourth-order valence-corrected chi connectivity index (χ4v) is 1.05. The van der Waals surface area contributed by atoms with Gasteiger partial charge < -0.3 is 0 Å². The first kappa shape index (κ1) is 13.6. The van der Waals surface area contributed by atoms with Gasteiger partial charge in [-0.1, -0.05) is 17.4 Å². The number of amides is 2. The molecule has 1 aromatic rings. The first-order valence-corrected chi connectivity index (χ1v) is 5.15. The van der Waals surface area contributed by atoms with E-state index in [0.29, 0.717) is 5.69 Å². The molecule has 94 valence electrons. The topological polar surface area (TPSA) is 86.8 Å². The van der Waals surface area contributed by atoms with Crippen molar-refractivity contribution in [3.05, 3.63) is 29.8 Å². The van der Waals surface area contributed by atoms with Crippen LogP contribution in [0.15, 0.2) is 44.8 Å². The predicted octanol–water partition coefficient (Wildman–Crippen LogP) is 2.39. The first-order chi connectivity index (χ1) is 8.50. The molecule has 0 spiro atoms. The van der Waals surface area contributed by atoms with Crippen LogP contribution in [0.2, 0.25) is 0 Å². The van der Waals surface area contributed by atoms with Crippen molar-refractivity contribution in [2.24, 2.45) is 20.6 Å². The Morgan fingerprint density at radius 3 is 2.39 bits per heavy atom. The molecule has 0 radical (unpaired) electrons. The predicted molar refractivity (Wildman–Crippen MR) is 64.5 cm³/mol. The maximum Gasteiger partial charge on any atom is 0.297 e. The lowest BCUT2D eigenvalue weighted by molar-refractivity contribution is -0.116. The Labute approximate surface area is 104 Å². The molecule has 0 heterocycles. The Hall–Kier alpha value is -2.44. The molecule has 18 heavy (non-hydrogen) atoms. The highest BCUT2D eigenvalue weighted by Gasteiger charge is 2.10. The molecule has 0 bridgehead atoms. The Morgan fingerprint density at radius 1 is 1.11 bits per heavy atom. The average molecular weight is 247 g/mol. The molecular formula is C11H13N5O2. The van der Waals surface area contributed by atoms with Gasteiger partial charge in [0.25, 0.3) is 11.8 Å². The highest BCUT2D eigenvalue weighted by Crippen LogP contribution is 2.20. The van der Waals surface area contributed by atoms with E-state index in [2.05, 4.69) is 20.6 Å². The number of benzene rings is 1. The summed E-state index contributed by atoms with van der Waals surface area (Å²) in [6.45, 7) is 1.22. The van der Waals surface area contributed by atoms with E-state index >= 15 is 0 Å². The van der Waals surface area contributed by atoms with E-state index in [0.717, 1.165) is 0 Å². The van der Waals surface area contributed by atoms with Crippen LogP contribution in [0.5, 0.6) is 0 Å².